The number of pyridine rings is 1. The Morgan fingerprint density at radius 3 is 2.14 bits per heavy atom. The van der Waals surface area contributed by atoms with Gasteiger partial charge in [-0.15, -0.1) is 0 Å². The lowest BCUT2D eigenvalue weighted by atomic mass is 10.0. The predicted molar refractivity (Wildman–Crippen MR) is 113 cm³/mol. The number of rotatable bonds is 4. The van der Waals surface area contributed by atoms with Crippen molar-refractivity contribution in [1.82, 2.24) is 4.98 Å². The minimum absolute atomic E-state index is 0.0974. The van der Waals surface area contributed by atoms with Gasteiger partial charge in [0.05, 0.1) is 11.1 Å². The van der Waals surface area contributed by atoms with Crippen LogP contribution in [0.1, 0.15) is 26.4 Å². The highest BCUT2D eigenvalue weighted by molar-refractivity contribution is 6.10. The molecule has 1 amide bonds. The second-order valence-electron chi connectivity index (χ2n) is 6.68. The summed E-state index contributed by atoms with van der Waals surface area (Å²) in [6.45, 7) is 1.61. The molecule has 142 valence electrons. The third kappa shape index (κ3) is 3.58. The van der Waals surface area contributed by atoms with Crippen LogP contribution in [0.15, 0.2) is 78.9 Å². The van der Waals surface area contributed by atoms with Gasteiger partial charge in [0.25, 0.3) is 5.91 Å². The van der Waals surface area contributed by atoms with Crippen molar-refractivity contribution in [1.29, 1.82) is 0 Å². The average molecular weight is 382 g/mol. The number of fused-ring (bicyclic) bond motifs is 1. The van der Waals surface area contributed by atoms with Crippen LogP contribution >= 0.6 is 0 Å². The summed E-state index contributed by atoms with van der Waals surface area (Å²) in [5.41, 5.74) is 3.75. The van der Waals surface area contributed by atoms with Crippen LogP contribution in [0.4, 0.5) is 5.69 Å². The van der Waals surface area contributed by atoms with Gasteiger partial charge in [0.15, 0.2) is 0 Å². The number of hydrogen-bond acceptors (Lipinski definition) is 3. The van der Waals surface area contributed by atoms with Crippen molar-refractivity contribution in [2.45, 2.75) is 6.92 Å². The molecule has 0 aliphatic rings. The number of amides is 1. The summed E-state index contributed by atoms with van der Waals surface area (Å²) in [4.78, 5) is 29.0. The van der Waals surface area contributed by atoms with E-state index >= 15 is 0 Å². The first kappa shape index (κ1) is 18.4. The maximum atomic E-state index is 12.8. The quantitative estimate of drug-likeness (QED) is 0.511. The number of aromatic nitrogens is 1. The van der Waals surface area contributed by atoms with Gasteiger partial charge in [-0.05, 0) is 41.8 Å². The lowest BCUT2D eigenvalue weighted by Gasteiger charge is -2.12. The van der Waals surface area contributed by atoms with Crippen molar-refractivity contribution in [3.63, 3.8) is 0 Å². The van der Waals surface area contributed by atoms with E-state index in [1.54, 1.807) is 31.2 Å². The van der Waals surface area contributed by atoms with Gasteiger partial charge in [-0.3, -0.25) is 4.79 Å². The third-order valence-electron chi connectivity index (χ3n) is 4.81. The van der Waals surface area contributed by atoms with Crippen molar-refractivity contribution in [3.8, 4) is 11.1 Å². The molecule has 0 saturated carbocycles. The van der Waals surface area contributed by atoms with Crippen molar-refractivity contribution in [2.75, 3.05) is 5.32 Å². The molecule has 0 bridgehead atoms. The molecule has 0 aliphatic heterocycles. The fraction of sp³-hybridized carbons (Fsp3) is 0.0417. The summed E-state index contributed by atoms with van der Waals surface area (Å²) in [5, 5.41) is 13.0. The zero-order valence-electron chi connectivity index (χ0n) is 15.7. The molecule has 0 unspecified atom stereocenters. The molecule has 2 N–H and O–H groups in total. The molecule has 1 aromatic heterocycles. The molecule has 0 atom stereocenters. The van der Waals surface area contributed by atoms with Crippen LogP contribution < -0.4 is 5.32 Å². The van der Waals surface area contributed by atoms with Crippen LogP contribution in [0.25, 0.3) is 22.0 Å². The molecule has 0 fully saturated rings. The summed E-state index contributed by atoms with van der Waals surface area (Å²) in [6.07, 6.45) is 0. The Labute approximate surface area is 167 Å². The Bertz CT molecular complexity index is 1220. The third-order valence-corrected chi connectivity index (χ3v) is 4.81. The zero-order chi connectivity index (χ0) is 20.4. The summed E-state index contributed by atoms with van der Waals surface area (Å²) in [7, 11) is 0. The molecule has 4 rings (SSSR count). The van der Waals surface area contributed by atoms with Crippen molar-refractivity contribution in [2.24, 2.45) is 0 Å². The van der Waals surface area contributed by atoms with Crippen molar-refractivity contribution < 1.29 is 14.7 Å². The number of carboxylic acid groups (broad SMARTS) is 1. The number of nitrogens with one attached hydrogen (secondary N) is 1. The summed E-state index contributed by atoms with van der Waals surface area (Å²) >= 11 is 0. The van der Waals surface area contributed by atoms with Crippen LogP contribution in [0.2, 0.25) is 0 Å². The Kier molecular flexibility index (Phi) is 4.79. The number of nitrogens with zero attached hydrogens (tertiary/aromatic N) is 1. The fourth-order valence-electron chi connectivity index (χ4n) is 3.37. The average Bonchev–Trinajstić information content (AvgIpc) is 2.74. The zero-order valence-corrected chi connectivity index (χ0v) is 15.7. The first-order valence-corrected chi connectivity index (χ1v) is 9.14. The molecule has 0 radical (unpaired) electrons. The maximum absolute atomic E-state index is 12.8. The smallest absolute Gasteiger partial charge is 0.336 e. The Morgan fingerprint density at radius 1 is 0.828 bits per heavy atom. The van der Waals surface area contributed by atoms with Crippen molar-refractivity contribution in [3.05, 3.63) is 95.7 Å². The highest BCUT2D eigenvalue weighted by atomic mass is 16.4. The lowest BCUT2D eigenvalue weighted by Crippen LogP contribution is -2.18. The van der Waals surface area contributed by atoms with Gasteiger partial charge in [0.2, 0.25) is 0 Å². The number of anilines is 1. The van der Waals surface area contributed by atoms with Gasteiger partial charge < -0.3 is 10.4 Å². The SMILES string of the molecule is Cc1c(C(=O)Nc2ccc(-c3ccccc3)cc2)nc2ccccc2c1C(=O)O. The van der Waals surface area contributed by atoms with Crippen LogP contribution in [0.5, 0.6) is 0 Å². The van der Waals surface area contributed by atoms with Gasteiger partial charge in [-0.1, -0.05) is 60.7 Å². The van der Waals surface area contributed by atoms with Gasteiger partial charge in [-0.25, -0.2) is 9.78 Å². The number of hydrogen-bond donors (Lipinski definition) is 2. The Balaban J connectivity index is 1.66. The van der Waals surface area contributed by atoms with E-state index < -0.39 is 11.9 Å². The Morgan fingerprint density at radius 2 is 1.45 bits per heavy atom. The standard InChI is InChI=1S/C24H18N2O3/c1-15-21(24(28)29)19-9-5-6-10-20(19)26-22(15)23(27)25-18-13-11-17(12-14-18)16-7-3-2-4-8-16/h2-14H,1H3,(H,25,27)(H,28,29). The normalized spacial score (nSPS) is 10.7. The Hall–Kier alpha value is -3.99. The molecule has 0 saturated heterocycles. The molecule has 3 aromatic carbocycles. The molecule has 0 spiro atoms. The van der Waals surface area contributed by atoms with E-state index in [0.29, 0.717) is 22.2 Å². The number of carbonyl (C=O) groups is 2. The fourth-order valence-corrected chi connectivity index (χ4v) is 3.37. The van der Waals surface area contributed by atoms with Crippen LogP contribution in [0.3, 0.4) is 0 Å². The van der Waals surface area contributed by atoms with E-state index in [1.165, 1.54) is 0 Å². The minimum Gasteiger partial charge on any atom is -0.478 e. The summed E-state index contributed by atoms with van der Waals surface area (Å²) in [6, 6.07) is 24.3. The second kappa shape index (κ2) is 7.56. The van der Waals surface area contributed by atoms with Gasteiger partial charge in [0, 0.05) is 11.1 Å². The molecule has 29 heavy (non-hydrogen) atoms. The molecule has 0 aliphatic carbocycles. The molecule has 5 heteroatoms. The summed E-state index contributed by atoms with van der Waals surface area (Å²) in [5.74, 6) is -1.52. The predicted octanol–water partition coefficient (Wildman–Crippen LogP) is 5.16. The number of carbonyl (C=O) groups excluding carboxylic acids is 1. The minimum atomic E-state index is -1.08. The number of aromatic carboxylic acids is 1. The highest BCUT2D eigenvalue weighted by Gasteiger charge is 2.21. The molecular formula is C24H18N2O3. The molecular weight excluding hydrogens is 364 g/mol. The van der Waals surface area contributed by atoms with Gasteiger partial charge in [0.1, 0.15) is 5.69 Å². The van der Waals surface area contributed by atoms with Gasteiger partial charge in [-0.2, -0.15) is 0 Å². The van der Waals surface area contributed by atoms with E-state index in [1.807, 2.05) is 54.6 Å². The first-order chi connectivity index (χ1) is 14.0. The summed E-state index contributed by atoms with van der Waals surface area (Å²) < 4.78 is 0. The van der Waals surface area contributed by atoms with Crippen molar-refractivity contribution >= 4 is 28.5 Å². The number of para-hydroxylation sites is 1. The van der Waals surface area contributed by atoms with Crippen LogP contribution in [-0.2, 0) is 0 Å². The number of carboxylic acids is 1. The monoisotopic (exact) mass is 382 g/mol. The lowest BCUT2D eigenvalue weighted by molar-refractivity contribution is 0.0698. The van der Waals surface area contributed by atoms with Crippen LogP contribution in [-0.4, -0.2) is 22.0 Å². The molecule has 5 nitrogen and oxygen atoms in total. The van der Waals surface area contributed by atoms with E-state index in [0.717, 1.165) is 11.1 Å². The van der Waals surface area contributed by atoms with E-state index in [9.17, 15) is 14.7 Å². The van der Waals surface area contributed by atoms with E-state index in [-0.39, 0.29) is 11.3 Å². The highest BCUT2D eigenvalue weighted by Crippen LogP contribution is 2.25. The van der Waals surface area contributed by atoms with E-state index in [2.05, 4.69) is 10.3 Å². The van der Waals surface area contributed by atoms with E-state index in [4.69, 9.17) is 0 Å². The number of benzene rings is 3. The largest absolute Gasteiger partial charge is 0.478 e. The second-order valence-corrected chi connectivity index (χ2v) is 6.68. The molecule has 1 heterocycles. The maximum Gasteiger partial charge on any atom is 0.336 e. The van der Waals surface area contributed by atoms with Gasteiger partial charge >= 0.3 is 5.97 Å². The first-order valence-electron chi connectivity index (χ1n) is 9.14. The van der Waals surface area contributed by atoms with Crippen LogP contribution in [0, 0.1) is 6.92 Å². The molecule has 4 aromatic rings. The topological polar surface area (TPSA) is 79.3 Å².